The molecule has 4 rings (SSSR count). The molecule has 4 aromatic rings. The molecular weight excluding hydrogens is 464 g/mol. The number of carbonyl (C=O) groups excluding carboxylic acids is 1. The number of aliphatic carboxylic acids is 1. The summed E-state index contributed by atoms with van der Waals surface area (Å²) < 4.78 is 1.71. The highest BCUT2D eigenvalue weighted by Crippen LogP contribution is 2.34. The minimum atomic E-state index is -0.870. The molecule has 0 bridgehead atoms. The van der Waals surface area contributed by atoms with Crippen LogP contribution in [0, 0.1) is 27.7 Å². The Morgan fingerprint density at radius 3 is 2.51 bits per heavy atom. The van der Waals surface area contributed by atoms with Gasteiger partial charge in [0.05, 0.1) is 11.9 Å². The molecule has 0 radical (unpaired) electrons. The fourth-order valence-corrected chi connectivity index (χ4v) is 4.92. The van der Waals surface area contributed by atoms with Crippen LogP contribution in [0.5, 0.6) is 0 Å². The number of fused-ring (bicyclic) bond motifs is 1. The van der Waals surface area contributed by atoms with Crippen molar-refractivity contribution in [2.75, 3.05) is 0 Å². The van der Waals surface area contributed by atoms with E-state index in [0.29, 0.717) is 19.4 Å². The molecule has 1 atom stereocenters. The molecule has 0 spiro atoms. The lowest BCUT2D eigenvalue weighted by Gasteiger charge is -2.20. The van der Waals surface area contributed by atoms with Crippen molar-refractivity contribution in [3.63, 3.8) is 0 Å². The summed E-state index contributed by atoms with van der Waals surface area (Å²) >= 11 is 0. The van der Waals surface area contributed by atoms with Gasteiger partial charge in [0.2, 0.25) is 5.91 Å². The maximum atomic E-state index is 12.7. The number of nitrogens with one attached hydrogen (secondary N) is 1. The van der Waals surface area contributed by atoms with E-state index in [0.717, 1.165) is 38.9 Å². The fraction of sp³-hybridized carbons (Fsp3) is 0.333. The number of amides is 1. The Hall–Kier alpha value is -4.00. The summed E-state index contributed by atoms with van der Waals surface area (Å²) in [6.07, 6.45) is 1.07. The van der Waals surface area contributed by atoms with Gasteiger partial charge in [0.1, 0.15) is 5.52 Å². The van der Waals surface area contributed by atoms with Crippen molar-refractivity contribution in [2.45, 2.75) is 59.4 Å². The molecule has 0 saturated heterocycles. The van der Waals surface area contributed by atoms with Gasteiger partial charge in [-0.25, -0.2) is 4.68 Å². The molecule has 0 aliphatic carbocycles. The van der Waals surface area contributed by atoms with Crippen LogP contribution in [0.3, 0.4) is 0 Å². The molecule has 1 unspecified atom stereocenters. The van der Waals surface area contributed by atoms with E-state index in [9.17, 15) is 14.7 Å². The number of benzene rings is 3. The van der Waals surface area contributed by atoms with Crippen LogP contribution in [-0.4, -0.2) is 32.0 Å². The predicted octanol–water partition coefficient (Wildman–Crippen LogP) is 5.06. The first-order valence-corrected chi connectivity index (χ1v) is 12.6. The predicted molar refractivity (Wildman–Crippen MR) is 145 cm³/mol. The maximum Gasteiger partial charge on any atom is 0.304 e. The molecular formula is C30H34N4O3. The highest BCUT2D eigenvalue weighted by Gasteiger charge is 2.23. The first-order chi connectivity index (χ1) is 17.7. The van der Waals surface area contributed by atoms with Crippen molar-refractivity contribution in [3.05, 3.63) is 93.0 Å². The lowest BCUT2D eigenvalue weighted by Crippen LogP contribution is -2.23. The maximum absolute atomic E-state index is 12.7. The zero-order valence-electron chi connectivity index (χ0n) is 22.1. The third kappa shape index (κ3) is 5.71. The summed E-state index contributed by atoms with van der Waals surface area (Å²) in [5.74, 6) is -1.22. The second-order valence-corrected chi connectivity index (χ2v) is 9.83. The second-order valence-electron chi connectivity index (χ2n) is 9.83. The molecule has 0 fully saturated rings. The van der Waals surface area contributed by atoms with E-state index in [2.05, 4.69) is 41.6 Å². The molecule has 1 heterocycles. The molecule has 2 N–H and O–H groups in total. The zero-order chi connectivity index (χ0) is 26.7. The van der Waals surface area contributed by atoms with Gasteiger partial charge in [-0.1, -0.05) is 47.7 Å². The zero-order valence-corrected chi connectivity index (χ0v) is 22.1. The normalized spacial score (nSPS) is 12.0. The third-order valence-corrected chi connectivity index (χ3v) is 7.42. The number of hydrogen-bond donors (Lipinski definition) is 2. The van der Waals surface area contributed by atoms with Gasteiger partial charge in [0, 0.05) is 25.9 Å². The molecule has 0 aliphatic rings. The van der Waals surface area contributed by atoms with Crippen LogP contribution in [0.2, 0.25) is 0 Å². The van der Waals surface area contributed by atoms with E-state index in [1.54, 1.807) is 4.68 Å². The van der Waals surface area contributed by atoms with Crippen molar-refractivity contribution < 1.29 is 14.7 Å². The van der Waals surface area contributed by atoms with E-state index in [1.807, 2.05) is 57.3 Å². The van der Waals surface area contributed by atoms with Crippen molar-refractivity contribution in [2.24, 2.45) is 7.05 Å². The van der Waals surface area contributed by atoms with E-state index >= 15 is 0 Å². The Kier molecular flexibility index (Phi) is 7.71. The minimum absolute atomic E-state index is 0.00302. The second kappa shape index (κ2) is 10.9. The Morgan fingerprint density at radius 1 is 0.973 bits per heavy atom. The van der Waals surface area contributed by atoms with Crippen LogP contribution in [-0.2, 0) is 29.6 Å². The largest absolute Gasteiger partial charge is 0.481 e. The van der Waals surface area contributed by atoms with Crippen LogP contribution in [0.25, 0.3) is 11.0 Å². The summed E-state index contributed by atoms with van der Waals surface area (Å²) in [4.78, 5) is 24.5. The molecule has 3 aromatic carbocycles. The van der Waals surface area contributed by atoms with Gasteiger partial charge in [-0.15, -0.1) is 5.10 Å². The number of rotatable bonds is 9. The first kappa shape index (κ1) is 26.1. The number of aryl methyl sites for hydroxylation is 5. The number of nitrogens with zero attached hydrogens (tertiary/aromatic N) is 3. The third-order valence-electron chi connectivity index (χ3n) is 7.42. The minimum Gasteiger partial charge on any atom is -0.481 e. The van der Waals surface area contributed by atoms with E-state index in [4.69, 9.17) is 0 Å². The summed E-state index contributed by atoms with van der Waals surface area (Å²) in [5, 5.41) is 21.2. The van der Waals surface area contributed by atoms with Crippen LogP contribution >= 0.6 is 0 Å². The Labute approximate surface area is 217 Å². The lowest BCUT2D eigenvalue weighted by molar-refractivity contribution is -0.137. The van der Waals surface area contributed by atoms with Crippen LogP contribution in [0.1, 0.15) is 63.3 Å². The average Bonchev–Trinajstić information content (AvgIpc) is 3.25. The molecule has 0 aliphatic heterocycles. The molecule has 37 heavy (non-hydrogen) atoms. The number of carboxylic acids is 1. The smallest absolute Gasteiger partial charge is 0.304 e. The van der Waals surface area contributed by atoms with Gasteiger partial charge in [0.15, 0.2) is 0 Å². The summed E-state index contributed by atoms with van der Waals surface area (Å²) in [6.45, 7) is 8.54. The van der Waals surface area contributed by atoms with E-state index in [-0.39, 0.29) is 18.2 Å². The quantitative estimate of drug-likeness (QED) is 0.336. The highest BCUT2D eigenvalue weighted by atomic mass is 16.4. The van der Waals surface area contributed by atoms with Gasteiger partial charge in [0.25, 0.3) is 0 Å². The molecule has 1 aromatic heterocycles. The number of carbonyl (C=O) groups is 2. The van der Waals surface area contributed by atoms with Crippen LogP contribution < -0.4 is 5.32 Å². The van der Waals surface area contributed by atoms with Crippen LogP contribution in [0.4, 0.5) is 0 Å². The number of hydrogen-bond acceptors (Lipinski definition) is 4. The molecule has 7 nitrogen and oxygen atoms in total. The summed E-state index contributed by atoms with van der Waals surface area (Å²) in [5.41, 5.74) is 10.1. The highest BCUT2D eigenvalue weighted by molar-refractivity contribution is 5.80. The molecule has 1 amide bonds. The van der Waals surface area contributed by atoms with Crippen molar-refractivity contribution in [1.82, 2.24) is 20.3 Å². The Balaban J connectivity index is 1.53. The van der Waals surface area contributed by atoms with Crippen molar-refractivity contribution in [3.8, 4) is 0 Å². The van der Waals surface area contributed by atoms with E-state index < -0.39 is 5.97 Å². The fourth-order valence-electron chi connectivity index (χ4n) is 4.92. The lowest BCUT2D eigenvalue weighted by atomic mass is 9.84. The standard InChI is InChI=1S/C30H34N4O3/c1-18-7-6-8-22(20(18)3)11-14-28(35)31-17-24-15-23(10-9-19(24)2)26(16-29(36)37)25-12-13-27-30(21(25)4)32-33-34(27)5/h6-10,12-13,15,26H,11,14,16-17H2,1-5H3,(H,31,35)(H,36,37). The molecule has 7 heteroatoms. The Bertz CT molecular complexity index is 1470. The van der Waals surface area contributed by atoms with Gasteiger partial charge >= 0.3 is 5.97 Å². The van der Waals surface area contributed by atoms with Gasteiger partial charge in [-0.3, -0.25) is 9.59 Å². The number of carboxylic acid groups (broad SMARTS) is 1. The van der Waals surface area contributed by atoms with Crippen molar-refractivity contribution >= 4 is 22.9 Å². The van der Waals surface area contributed by atoms with Crippen molar-refractivity contribution in [1.29, 1.82) is 0 Å². The first-order valence-electron chi connectivity index (χ1n) is 12.6. The summed E-state index contributed by atoms with van der Waals surface area (Å²) in [6, 6.07) is 16.1. The average molecular weight is 499 g/mol. The summed E-state index contributed by atoms with van der Waals surface area (Å²) in [7, 11) is 1.84. The van der Waals surface area contributed by atoms with Gasteiger partial charge in [-0.2, -0.15) is 0 Å². The molecule has 0 saturated carbocycles. The molecule has 192 valence electrons. The monoisotopic (exact) mass is 498 g/mol. The Morgan fingerprint density at radius 2 is 1.76 bits per heavy atom. The SMILES string of the molecule is Cc1ccc(C(CC(=O)O)c2ccc3c(nnn3C)c2C)cc1CNC(=O)CCc1cccc(C)c1C. The topological polar surface area (TPSA) is 97.1 Å². The van der Waals surface area contributed by atoms with Crippen LogP contribution in [0.15, 0.2) is 48.5 Å². The van der Waals surface area contributed by atoms with Gasteiger partial charge < -0.3 is 10.4 Å². The number of aromatic nitrogens is 3. The van der Waals surface area contributed by atoms with E-state index in [1.165, 1.54) is 16.7 Å². The van der Waals surface area contributed by atoms with Gasteiger partial charge in [-0.05, 0) is 84.7 Å².